The highest BCUT2D eigenvalue weighted by Crippen LogP contribution is 2.31. The Balaban J connectivity index is 2.26. The number of nitrogens with zero attached hydrogens (tertiary/aromatic N) is 1. The molecule has 1 unspecified atom stereocenters. The van der Waals surface area contributed by atoms with Crippen LogP contribution in [0.1, 0.15) is 23.1 Å². The Bertz CT molecular complexity index is 558. The van der Waals surface area contributed by atoms with E-state index in [-0.39, 0.29) is 0 Å². The maximum Gasteiger partial charge on any atom is 0.118 e. The lowest BCUT2D eigenvalue weighted by Gasteiger charge is -2.17. The molecule has 2 aromatic carbocycles. The second-order valence-corrected chi connectivity index (χ2v) is 4.24. The van der Waals surface area contributed by atoms with Crippen molar-refractivity contribution >= 4 is 0 Å². The van der Waals surface area contributed by atoms with Gasteiger partial charge in [-0.15, -0.1) is 0 Å². The van der Waals surface area contributed by atoms with Gasteiger partial charge in [0.05, 0.1) is 19.3 Å². The van der Waals surface area contributed by atoms with Crippen molar-refractivity contribution in [2.75, 3.05) is 7.11 Å². The Morgan fingerprint density at radius 3 is 2.16 bits per heavy atom. The lowest BCUT2D eigenvalue weighted by molar-refractivity contribution is 0.164. The molecule has 0 saturated heterocycles. The topological polar surface area (TPSA) is 53.2 Å². The van der Waals surface area contributed by atoms with Crippen molar-refractivity contribution in [1.82, 2.24) is 0 Å². The Morgan fingerprint density at radius 2 is 1.63 bits per heavy atom. The number of benzene rings is 2. The molecule has 0 amide bonds. The molecule has 0 bridgehead atoms. The van der Waals surface area contributed by atoms with Gasteiger partial charge in [0.1, 0.15) is 11.7 Å². The SMILES string of the molecule is COc1ccc([C@H](O)C(C#N)c2ccccc2)cc1. The summed E-state index contributed by atoms with van der Waals surface area (Å²) in [4.78, 5) is 0. The minimum atomic E-state index is -0.849. The van der Waals surface area contributed by atoms with Crippen molar-refractivity contribution in [3.05, 3.63) is 65.7 Å². The molecule has 0 spiro atoms. The molecule has 0 fully saturated rings. The normalized spacial score (nSPS) is 13.3. The molecule has 0 aliphatic carbocycles. The summed E-state index contributed by atoms with van der Waals surface area (Å²) in [6.07, 6.45) is -0.849. The predicted octanol–water partition coefficient (Wildman–Crippen LogP) is 3.04. The van der Waals surface area contributed by atoms with Crippen LogP contribution in [0.4, 0.5) is 0 Å². The fourth-order valence-electron chi connectivity index (χ4n) is 1.98. The first-order valence-electron chi connectivity index (χ1n) is 6.03. The third-order valence-corrected chi connectivity index (χ3v) is 3.07. The van der Waals surface area contributed by atoms with Crippen LogP contribution in [-0.2, 0) is 0 Å². The highest BCUT2D eigenvalue weighted by molar-refractivity contribution is 5.34. The first-order valence-corrected chi connectivity index (χ1v) is 6.03. The maximum absolute atomic E-state index is 10.3. The number of aliphatic hydroxyl groups is 1. The molecule has 2 aromatic rings. The molecule has 0 aliphatic rings. The zero-order chi connectivity index (χ0) is 13.7. The zero-order valence-corrected chi connectivity index (χ0v) is 10.7. The first kappa shape index (κ1) is 13.1. The van der Waals surface area contributed by atoms with E-state index in [1.54, 1.807) is 31.4 Å². The van der Waals surface area contributed by atoms with Crippen LogP contribution in [0.5, 0.6) is 5.75 Å². The summed E-state index contributed by atoms with van der Waals surface area (Å²) in [6.45, 7) is 0. The van der Waals surface area contributed by atoms with E-state index >= 15 is 0 Å². The first-order chi connectivity index (χ1) is 9.26. The van der Waals surface area contributed by atoms with E-state index in [1.165, 1.54) is 0 Å². The summed E-state index contributed by atoms with van der Waals surface area (Å²) in [5, 5.41) is 19.6. The van der Waals surface area contributed by atoms with Crippen LogP contribution >= 0.6 is 0 Å². The van der Waals surface area contributed by atoms with Crippen LogP contribution < -0.4 is 4.74 Å². The van der Waals surface area contributed by atoms with Gasteiger partial charge in [0, 0.05) is 0 Å². The third-order valence-electron chi connectivity index (χ3n) is 3.07. The average molecular weight is 253 g/mol. The van der Waals surface area contributed by atoms with E-state index in [0.29, 0.717) is 5.56 Å². The van der Waals surface area contributed by atoms with Gasteiger partial charge in [-0.3, -0.25) is 0 Å². The second kappa shape index (κ2) is 6.03. The molecule has 0 aliphatic heterocycles. The number of ether oxygens (including phenoxy) is 1. The van der Waals surface area contributed by atoms with Crippen molar-refractivity contribution in [3.63, 3.8) is 0 Å². The van der Waals surface area contributed by atoms with E-state index in [0.717, 1.165) is 11.3 Å². The second-order valence-electron chi connectivity index (χ2n) is 4.24. The quantitative estimate of drug-likeness (QED) is 0.911. The van der Waals surface area contributed by atoms with Crippen LogP contribution in [0, 0.1) is 11.3 Å². The van der Waals surface area contributed by atoms with Crippen LogP contribution in [0.3, 0.4) is 0 Å². The maximum atomic E-state index is 10.3. The zero-order valence-electron chi connectivity index (χ0n) is 10.7. The van der Waals surface area contributed by atoms with Crippen molar-refractivity contribution in [3.8, 4) is 11.8 Å². The Kier molecular flexibility index (Phi) is 4.17. The smallest absolute Gasteiger partial charge is 0.118 e. The summed E-state index contributed by atoms with van der Waals surface area (Å²) in [6, 6.07) is 18.6. The predicted molar refractivity (Wildman–Crippen MR) is 72.7 cm³/mol. The van der Waals surface area contributed by atoms with Gasteiger partial charge < -0.3 is 9.84 Å². The number of rotatable bonds is 4. The molecule has 0 saturated carbocycles. The molecule has 0 aromatic heterocycles. The fraction of sp³-hybridized carbons (Fsp3) is 0.188. The molecule has 3 heteroatoms. The van der Waals surface area contributed by atoms with Gasteiger partial charge in [0.2, 0.25) is 0 Å². The van der Waals surface area contributed by atoms with Crippen molar-refractivity contribution in [2.24, 2.45) is 0 Å². The van der Waals surface area contributed by atoms with Crippen molar-refractivity contribution < 1.29 is 9.84 Å². The van der Waals surface area contributed by atoms with Crippen LogP contribution in [0.2, 0.25) is 0 Å². The number of hydrogen-bond donors (Lipinski definition) is 1. The van der Waals surface area contributed by atoms with E-state index < -0.39 is 12.0 Å². The van der Waals surface area contributed by atoms with Crippen molar-refractivity contribution in [1.29, 1.82) is 5.26 Å². The van der Waals surface area contributed by atoms with Gasteiger partial charge in [-0.2, -0.15) is 5.26 Å². The van der Waals surface area contributed by atoms with Gasteiger partial charge in [-0.05, 0) is 23.3 Å². The molecule has 19 heavy (non-hydrogen) atoms. The van der Waals surface area contributed by atoms with Crippen LogP contribution in [-0.4, -0.2) is 12.2 Å². The highest BCUT2D eigenvalue weighted by Gasteiger charge is 2.22. The lowest BCUT2D eigenvalue weighted by atomic mass is 9.90. The fourth-order valence-corrected chi connectivity index (χ4v) is 1.98. The molecule has 3 nitrogen and oxygen atoms in total. The summed E-state index contributed by atoms with van der Waals surface area (Å²) in [7, 11) is 1.59. The average Bonchev–Trinajstić information content (AvgIpc) is 2.49. The van der Waals surface area contributed by atoms with E-state index in [1.807, 2.05) is 30.3 Å². The summed E-state index contributed by atoms with van der Waals surface area (Å²) >= 11 is 0. The Hall–Kier alpha value is -2.31. The van der Waals surface area contributed by atoms with E-state index in [4.69, 9.17) is 4.74 Å². The minimum Gasteiger partial charge on any atom is -0.497 e. The van der Waals surface area contributed by atoms with Gasteiger partial charge in [-0.1, -0.05) is 42.5 Å². The highest BCUT2D eigenvalue weighted by atomic mass is 16.5. The summed E-state index contributed by atoms with van der Waals surface area (Å²) in [5.74, 6) is 0.152. The van der Waals surface area contributed by atoms with Gasteiger partial charge >= 0.3 is 0 Å². The molecule has 0 heterocycles. The molecule has 2 atom stereocenters. The number of nitriles is 1. The molecular weight excluding hydrogens is 238 g/mol. The summed E-state index contributed by atoms with van der Waals surface area (Å²) < 4.78 is 5.07. The Labute approximate surface area is 112 Å². The number of hydrogen-bond acceptors (Lipinski definition) is 3. The minimum absolute atomic E-state index is 0.574. The molecule has 2 rings (SSSR count). The molecule has 0 radical (unpaired) electrons. The number of aliphatic hydroxyl groups excluding tert-OH is 1. The Morgan fingerprint density at radius 1 is 1.00 bits per heavy atom. The van der Waals surface area contributed by atoms with Crippen LogP contribution in [0.15, 0.2) is 54.6 Å². The van der Waals surface area contributed by atoms with E-state index in [9.17, 15) is 10.4 Å². The largest absolute Gasteiger partial charge is 0.497 e. The number of methoxy groups -OCH3 is 1. The van der Waals surface area contributed by atoms with Crippen LogP contribution in [0.25, 0.3) is 0 Å². The van der Waals surface area contributed by atoms with Crippen molar-refractivity contribution in [2.45, 2.75) is 12.0 Å². The molecular formula is C16H15NO2. The summed E-state index contributed by atoms with van der Waals surface area (Å²) in [5.41, 5.74) is 1.52. The van der Waals surface area contributed by atoms with E-state index in [2.05, 4.69) is 6.07 Å². The van der Waals surface area contributed by atoms with Gasteiger partial charge in [0.15, 0.2) is 0 Å². The monoisotopic (exact) mass is 253 g/mol. The standard InChI is InChI=1S/C16H15NO2/c1-19-14-9-7-13(8-10-14)16(18)15(11-17)12-5-3-2-4-6-12/h2-10,15-16,18H,1H3/t15?,16-/m0/s1. The lowest BCUT2D eigenvalue weighted by Crippen LogP contribution is -2.09. The molecule has 1 N–H and O–H groups in total. The van der Waals surface area contributed by atoms with Gasteiger partial charge in [-0.25, -0.2) is 0 Å². The third kappa shape index (κ3) is 2.93. The van der Waals surface area contributed by atoms with Gasteiger partial charge in [0.25, 0.3) is 0 Å². The molecule has 96 valence electrons.